The largest absolute Gasteiger partial charge is 0.438 e. The number of rotatable bonds is 1. The van der Waals surface area contributed by atoms with E-state index in [0.29, 0.717) is 11.5 Å². The van der Waals surface area contributed by atoms with Crippen molar-refractivity contribution in [3.05, 3.63) is 72.9 Å². The standard InChI is InChI=1S/C20H12N2O/c1-2-6-13(7-3-1)19-21-12-17-16-10-14-8-4-5-9-15(14)11-18(16)23-20(17)22-19/h1-12H. The van der Waals surface area contributed by atoms with E-state index in [9.17, 15) is 0 Å². The molecule has 3 aromatic carbocycles. The van der Waals surface area contributed by atoms with Crippen LogP contribution in [0.15, 0.2) is 77.3 Å². The zero-order valence-corrected chi connectivity index (χ0v) is 12.2. The fourth-order valence-corrected chi connectivity index (χ4v) is 2.97. The van der Waals surface area contributed by atoms with Crippen molar-refractivity contribution >= 4 is 32.8 Å². The van der Waals surface area contributed by atoms with Crippen molar-refractivity contribution in [1.29, 1.82) is 0 Å². The van der Waals surface area contributed by atoms with Crippen LogP contribution in [0.25, 0.3) is 44.2 Å². The van der Waals surface area contributed by atoms with Crippen LogP contribution in [0.1, 0.15) is 0 Å². The van der Waals surface area contributed by atoms with E-state index >= 15 is 0 Å². The molecule has 0 aliphatic heterocycles. The highest BCUT2D eigenvalue weighted by Crippen LogP contribution is 2.31. The molecule has 3 nitrogen and oxygen atoms in total. The minimum absolute atomic E-state index is 0.629. The van der Waals surface area contributed by atoms with Crippen LogP contribution in [0.4, 0.5) is 0 Å². The highest BCUT2D eigenvalue weighted by atomic mass is 16.3. The molecule has 0 N–H and O–H groups in total. The van der Waals surface area contributed by atoms with Gasteiger partial charge in [-0.25, -0.2) is 4.98 Å². The molecule has 5 rings (SSSR count). The molecule has 0 atom stereocenters. The monoisotopic (exact) mass is 296 g/mol. The van der Waals surface area contributed by atoms with Crippen LogP contribution in [0, 0.1) is 0 Å². The number of benzene rings is 3. The van der Waals surface area contributed by atoms with Gasteiger partial charge in [-0.2, -0.15) is 4.98 Å². The molecule has 0 aliphatic rings. The van der Waals surface area contributed by atoms with Crippen molar-refractivity contribution in [3.8, 4) is 11.4 Å². The predicted octanol–water partition coefficient (Wildman–Crippen LogP) is 5.20. The number of aromatic nitrogens is 2. The van der Waals surface area contributed by atoms with E-state index < -0.39 is 0 Å². The summed E-state index contributed by atoms with van der Waals surface area (Å²) in [6, 6.07) is 22.4. The Labute approximate surface area is 132 Å². The molecule has 0 spiro atoms. The molecule has 0 saturated carbocycles. The molecular weight excluding hydrogens is 284 g/mol. The summed E-state index contributed by atoms with van der Waals surface area (Å²) in [6.07, 6.45) is 1.85. The second-order valence-electron chi connectivity index (χ2n) is 5.58. The Morgan fingerprint density at radius 1 is 0.739 bits per heavy atom. The maximum Gasteiger partial charge on any atom is 0.230 e. The van der Waals surface area contributed by atoms with E-state index in [1.54, 1.807) is 0 Å². The van der Waals surface area contributed by atoms with Crippen LogP contribution in [-0.2, 0) is 0 Å². The number of furan rings is 1. The third kappa shape index (κ3) is 1.90. The van der Waals surface area contributed by atoms with Gasteiger partial charge in [0, 0.05) is 17.1 Å². The summed E-state index contributed by atoms with van der Waals surface area (Å²) in [5.74, 6) is 0.682. The number of hydrogen-bond acceptors (Lipinski definition) is 3. The summed E-state index contributed by atoms with van der Waals surface area (Å²) in [6.45, 7) is 0. The van der Waals surface area contributed by atoms with Crippen molar-refractivity contribution in [3.63, 3.8) is 0 Å². The maximum atomic E-state index is 5.97. The van der Waals surface area contributed by atoms with Gasteiger partial charge in [0.25, 0.3) is 0 Å². The SMILES string of the molecule is c1ccc(-c2ncc3c(n2)oc2cc4ccccc4cc23)cc1. The second-order valence-corrected chi connectivity index (χ2v) is 5.58. The molecule has 0 fully saturated rings. The summed E-state index contributed by atoms with van der Waals surface area (Å²) >= 11 is 0. The first-order chi connectivity index (χ1) is 11.4. The Bertz CT molecular complexity index is 1160. The Balaban J connectivity index is 1.80. The molecule has 2 heterocycles. The molecule has 2 aromatic heterocycles. The molecule has 5 aromatic rings. The molecule has 0 bridgehead atoms. The zero-order chi connectivity index (χ0) is 15.2. The van der Waals surface area contributed by atoms with Gasteiger partial charge in [0.2, 0.25) is 5.71 Å². The lowest BCUT2D eigenvalue weighted by Crippen LogP contribution is -1.87. The van der Waals surface area contributed by atoms with Gasteiger partial charge in [0.1, 0.15) is 5.58 Å². The molecule has 0 aliphatic carbocycles. The fourth-order valence-electron chi connectivity index (χ4n) is 2.97. The molecule has 3 heteroatoms. The molecule has 0 amide bonds. The lowest BCUT2D eigenvalue weighted by Gasteiger charge is -1.98. The minimum atomic E-state index is 0.629. The number of fused-ring (bicyclic) bond motifs is 4. The van der Waals surface area contributed by atoms with Gasteiger partial charge < -0.3 is 4.42 Å². The molecule has 0 unspecified atom stereocenters. The fraction of sp³-hybridized carbons (Fsp3) is 0. The topological polar surface area (TPSA) is 38.9 Å². The maximum absolute atomic E-state index is 5.97. The van der Waals surface area contributed by atoms with E-state index in [2.05, 4.69) is 34.2 Å². The Kier molecular flexibility index (Phi) is 2.50. The summed E-state index contributed by atoms with van der Waals surface area (Å²) in [5, 5.41) is 4.36. The Hall–Kier alpha value is -3.20. The van der Waals surface area contributed by atoms with Crippen LogP contribution < -0.4 is 0 Å². The first-order valence-electron chi connectivity index (χ1n) is 7.52. The van der Waals surface area contributed by atoms with Crippen LogP contribution in [0.2, 0.25) is 0 Å². The lowest BCUT2D eigenvalue weighted by atomic mass is 10.1. The number of hydrogen-bond donors (Lipinski definition) is 0. The van der Waals surface area contributed by atoms with Crippen molar-refractivity contribution in [1.82, 2.24) is 9.97 Å². The smallest absolute Gasteiger partial charge is 0.230 e. The van der Waals surface area contributed by atoms with Gasteiger partial charge in [-0.05, 0) is 22.9 Å². The molecule has 23 heavy (non-hydrogen) atoms. The normalized spacial score (nSPS) is 11.5. The van der Waals surface area contributed by atoms with E-state index in [-0.39, 0.29) is 0 Å². The van der Waals surface area contributed by atoms with E-state index in [4.69, 9.17) is 4.42 Å². The molecular formula is C20H12N2O. The number of nitrogens with zero attached hydrogens (tertiary/aromatic N) is 2. The van der Waals surface area contributed by atoms with Gasteiger partial charge in [-0.15, -0.1) is 0 Å². The van der Waals surface area contributed by atoms with Gasteiger partial charge in [-0.3, -0.25) is 0 Å². The molecule has 0 radical (unpaired) electrons. The molecule has 108 valence electrons. The van der Waals surface area contributed by atoms with E-state index in [1.165, 1.54) is 5.39 Å². The van der Waals surface area contributed by atoms with Gasteiger partial charge in [0.15, 0.2) is 5.82 Å². The van der Waals surface area contributed by atoms with E-state index in [1.807, 2.05) is 48.7 Å². The highest BCUT2D eigenvalue weighted by molar-refractivity contribution is 6.09. The quantitative estimate of drug-likeness (QED) is 0.427. The van der Waals surface area contributed by atoms with Crippen LogP contribution in [0.5, 0.6) is 0 Å². The summed E-state index contributed by atoms with van der Waals surface area (Å²) in [7, 11) is 0. The highest BCUT2D eigenvalue weighted by Gasteiger charge is 2.11. The van der Waals surface area contributed by atoms with Crippen molar-refractivity contribution in [2.45, 2.75) is 0 Å². The van der Waals surface area contributed by atoms with Crippen LogP contribution in [0.3, 0.4) is 0 Å². The van der Waals surface area contributed by atoms with Gasteiger partial charge in [-0.1, -0.05) is 54.6 Å². The first kappa shape index (κ1) is 12.4. The lowest BCUT2D eigenvalue weighted by molar-refractivity contribution is 0.654. The Morgan fingerprint density at radius 2 is 1.48 bits per heavy atom. The third-order valence-electron chi connectivity index (χ3n) is 4.13. The van der Waals surface area contributed by atoms with Crippen LogP contribution >= 0.6 is 0 Å². The molecule has 0 saturated heterocycles. The average Bonchev–Trinajstić information content (AvgIpc) is 2.97. The summed E-state index contributed by atoms with van der Waals surface area (Å²) < 4.78 is 5.97. The van der Waals surface area contributed by atoms with Crippen molar-refractivity contribution in [2.24, 2.45) is 0 Å². The van der Waals surface area contributed by atoms with Crippen LogP contribution in [-0.4, -0.2) is 9.97 Å². The van der Waals surface area contributed by atoms with Gasteiger partial charge in [0.05, 0.1) is 5.39 Å². The first-order valence-corrected chi connectivity index (χ1v) is 7.52. The minimum Gasteiger partial charge on any atom is -0.438 e. The third-order valence-corrected chi connectivity index (χ3v) is 4.13. The van der Waals surface area contributed by atoms with Gasteiger partial charge >= 0.3 is 0 Å². The average molecular weight is 296 g/mol. The Morgan fingerprint density at radius 3 is 2.30 bits per heavy atom. The summed E-state index contributed by atoms with van der Waals surface area (Å²) in [5.41, 5.74) is 2.46. The van der Waals surface area contributed by atoms with Crippen molar-refractivity contribution in [2.75, 3.05) is 0 Å². The van der Waals surface area contributed by atoms with E-state index in [0.717, 1.165) is 27.3 Å². The van der Waals surface area contributed by atoms with Crippen molar-refractivity contribution < 1.29 is 4.42 Å². The zero-order valence-electron chi connectivity index (χ0n) is 12.2. The second kappa shape index (κ2) is 4.65. The predicted molar refractivity (Wildman–Crippen MR) is 92.3 cm³/mol. The summed E-state index contributed by atoms with van der Waals surface area (Å²) in [4.78, 5) is 9.10.